The summed E-state index contributed by atoms with van der Waals surface area (Å²) in [7, 11) is 1.42. The first-order valence-corrected chi connectivity index (χ1v) is 4.47. The summed E-state index contributed by atoms with van der Waals surface area (Å²) in [6, 6.07) is 0. The molecule has 5 heteroatoms. The van der Waals surface area contributed by atoms with E-state index in [1.165, 1.54) is 7.11 Å². The van der Waals surface area contributed by atoms with Gasteiger partial charge in [-0.15, -0.1) is 0 Å². The minimum absolute atomic E-state index is 0.205. The lowest BCUT2D eigenvalue weighted by Crippen LogP contribution is -2.20. The Balaban J connectivity index is 2.82. The molecule has 1 aliphatic rings. The number of aryl methyl sites for hydroxylation is 1. The Morgan fingerprint density at radius 2 is 1.73 bits per heavy atom. The van der Waals surface area contributed by atoms with Crippen molar-refractivity contribution in [3.8, 4) is 5.88 Å². The molecule has 0 atom stereocenters. The number of nitrogens with one attached hydrogen (secondary N) is 1. The molecule has 2 rings (SSSR count). The van der Waals surface area contributed by atoms with Crippen molar-refractivity contribution in [1.29, 1.82) is 0 Å². The van der Waals surface area contributed by atoms with Crippen LogP contribution in [0.3, 0.4) is 0 Å². The van der Waals surface area contributed by atoms with E-state index in [9.17, 15) is 9.59 Å². The monoisotopic (exact) mass is 206 g/mol. The van der Waals surface area contributed by atoms with Crippen molar-refractivity contribution < 1.29 is 14.3 Å². The minimum Gasteiger partial charge on any atom is -0.480 e. The molecule has 0 spiro atoms. The molecule has 0 aromatic carbocycles. The molecule has 1 aliphatic heterocycles. The Hall–Kier alpha value is -1.91. The van der Waals surface area contributed by atoms with Crippen LogP contribution in [0.5, 0.6) is 5.88 Å². The summed E-state index contributed by atoms with van der Waals surface area (Å²) < 4.78 is 4.99. The number of hydrogen-bond donors (Lipinski definition) is 1. The van der Waals surface area contributed by atoms with Crippen LogP contribution in [-0.2, 0) is 0 Å². The Labute approximate surface area is 86.5 Å². The third kappa shape index (κ3) is 1.20. The molecule has 0 bridgehead atoms. The molecule has 1 aromatic rings. The van der Waals surface area contributed by atoms with Crippen LogP contribution in [-0.4, -0.2) is 23.9 Å². The van der Waals surface area contributed by atoms with Gasteiger partial charge in [0.05, 0.1) is 12.7 Å². The third-order valence-corrected chi connectivity index (χ3v) is 2.53. The maximum Gasteiger partial charge on any atom is 0.264 e. The third-order valence-electron chi connectivity index (χ3n) is 2.53. The standard InChI is InChI=1S/C10H10N2O3/c1-4-5(2)11-10(15-3)7-6(4)8(13)12-9(7)14/h1-3H3,(H,12,13,14). The van der Waals surface area contributed by atoms with Crippen molar-refractivity contribution in [2.24, 2.45) is 0 Å². The predicted octanol–water partition coefficient (Wildman–Crippen LogP) is 0.591. The topological polar surface area (TPSA) is 68.3 Å². The summed E-state index contributed by atoms with van der Waals surface area (Å²) in [6.45, 7) is 3.53. The van der Waals surface area contributed by atoms with Gasteiger partial charge in [-0.2, -0.15) is 0 Å². The maximum absolute atomic E-state index is 11.5. The van der Waals surface area contributed by atoms with E-state index in [-0.39, 0.29) is 17.4 Å². The van der Waals surface area contributed by atoms with E-state index in [1.807, 2.05) is 0 Å². The van der Waals surface area contributed by atoms with Crippen LogP contribution in [0.2, 0.25) is 0 Å². The SMILES string of the molecule is COc1nc(C)c(C)c2c1C(=O)NC2=O. The fourth-order valence-corrected chi connectivity index (χ4v) is 1.64. The average Bonchev–Trinajstić information content (AvgIpc) is 2.48. The molecule has 2 amide bonds. The molecule has 1 aromatic heterocycles. The average molecular weight is 206 g/mol. The molecular weight excluding hydrogens is 196 g/mol. The van der Waals surface area contributed by atoms with Crippen molar-refractivity contribution >= 4 is 11.8 Å². The fraction of sp³-hybridized carbons (Fsp3) is 0.300. The number of aromatic nitrogens is 1. The molecular formula is C10H10N2O3. The number of fused-ring (bicyclic) bond motifs is 1. The highest BCUT2D eigenvalue weighted by Crippen LogP contribution is 2.28. The first-order chi connectivity index (χ1) is 7.06. The Bertz CT molecular complexity index is 480. The number of rotatable bonds is 1. The van der Waals surface area contributed by atoms with Crippen LogP contribution < -0.4 is 10.1 Å². The molecule has 0 aliphatic carbocycles. The molecule has 0 saturated carbocycles. The van der Waals surface area contributed by atoms with Gasteiger partial charge in [0.2, 0.25) is 5.88 Å². The molecule has 1 N–H and O–H groups in total. The second kappa shape index (κ2) is 3.05. The van der Waals surface area contributed by atoms with E-state index >= 15 is 0 Å². The lowest BCUT2D eigenvalue weighted by Gasteiger charge is -2.07. The first kappa shape index (κ1) is 9.64. The van der Waals surface area contributed by atoms with E-state index in [0.717, 1.165) is 0 Å². The summed E-state index contributed by atoms with van der Waals surface area (Å²) in [5, 5.41) is 2.23. The normalized spacial score (nSPS) is 13.8. The van der Waals surface area contributed by atoms with E-state index < -0.39 is 5.91 Å². The van der Waals surface area contributed by atoms with Crippen LogP contribution in [0.1, 0.15) is 32.0 Å². The highest BCUT2D eigenvalue weighted by Gasteiger charge is 2.33. The highest BCUT2D eigenvalue weighted by atomic mass is 16.5. The minimum atomic E-state index is -0.442. The van der Waals surface area contributed by atoms with Gasteiger partial charge in [-0.05, 0) is 19.4 Å². The summed E-state index contributed by atoms with van der Waals surface area (Å²) in [5.41, 5.74) is 2.03. The molecule has 2 heterocycles. The van der Waals surface area contributed by atoms with Gasteiger partial charge in [0.1, 0.15) is 5.56 Å². The molecule has 5 nitrogen and oxygen atoms in total. The summed E-state index contributed by atoms with van der Waals surface area (Å²) in [6.07, 6.45) is 0. The van der Waals surface area contributed by atoms with Gasteiger partial charge in [0.25, 0.3) is 11.8 Å². The molecule has 0 fully saturated rings. The van der Waals surface area contributed by atoms with Gasteiger partial charge < -0.3 is 4.74 Å². The van der Waals surface area contributed by atoms with Gasteiger partial charge in [-0.1, -0.05) is 0 Å². The van der Waals surface area contributed by atoms with Crippen LogP contribution in [0.15, 0.2) is 0 Å². The van der Waals surface area contributed by atoms with E-state index in [0.29, 0.717) is 16.8 Å². The zero-order valence-corrected chi connectivity index (χ0v) is 8.67. The highest BCUT2D eigenvalue weighted by molar-refractivity contribution is 6.23. The van der Waals surface area contributed by atoms with Gasteiger partial charge in [-0.3, -0.25) is 14.9 Å². The Morgan fingerprint density at radius 3 is 2.33 bits per heavy atom. The van der Waals surface area contributed by atoms with Crippen molar-refractivity contribution in [2.75, 3.05) is 7.11 Å². The Kier molecular flexibility index (Phi) is 1.96. The second-order valence-corrected chi connectivity index (χ2v) is 3.36. The van der Waals surface area contributed by atoms with E-state index in [2.05, 4.69) is 10.3 Å². The fourth-order valence-electron chi connectivity index (χ4n) is 1.64. The Morgan fingerprint density at radius 1 is 1.13 bits per heavy atom. The lowest BCUT2D eigenvalue weighted by atomic mass is 10.0. The summed E-state index contributed by atoms with van der Waals surface area (Å²) in [5.74, 6) is -0.616. The number of amides is 2. The number of imide groups is 1. The van der Waals surface area contributed by atoms with Crippen molar-refractivity contribution in [3.05, 3.63) is 22.4 Å². The van der Waals surface area contributed by atoms with Crippen LogP contribution in [0.25, 0.3) is 0 Å². The lowest BCUT2D eigenvalue weighted by molar-refractivity contribution is 0.0878. The second-order valence-electron chi connectivity index (χ2n) is 3.36. The number of ether oxygens (including phenoxy) is 1. The quantitative estimate of drug-likeness (QED) is 0.683. The zero-order chi connectivity index (χ0) is 11.2. The van der Waals surface area contributed by atoms with Crippen molar-refractivity contribution in [3.63, 3.8) is 0 Å². The van der Waals surface area contributed by atoms with E-state index in [1.54, 1.807) is 13.8 Å². The number of methoxy groups -OCH3 is 1. The summed E-state index contributed by atoms with van der Waals surface area (Å²) in [4.78, 5) is 27.1. The molecule has 0 saturated heterocycles. The molecule has 78 valence electrons. The molecule has 0 radical (unpaired) electrons. The number of hydrogen-bond acceptors (Lipinski definition) is 4. The molecule has 15 heavy (non-hydrogen) atoms. The van der Waals surface area contributed by atoms with Gasteiger partial charge in [0.15, 0.2) is 0 Å². The van der Waals surface area contributed by atoms with Crippen LogP contribution in [0.4, 0.5) is 0 Å². The number of carbonyl (C=O) groups excluding carboxylic acids is 2. The number of pyridine rings is 1. The number of nitrogens with zero attached hydrogens (tertiary/aromatic N) is 1. The largest absolute Gasteiger partial charge is 0.480 e. The smallest absolute Gasteiger partial charge is 0.264 e. The van der Waals surface area contributed by atoms with Gasteiger partial charge >= 0.3 is 0 Å². The number of carbonyl (C=O) groups is 2. The van der Waals surface area contributed by atoms with Crippen molar-refractivity contribution in [1.82, 2.24) is 10.3 Å². The van der Waals surface area contributed by atoms with E-state index in [4.69, 9.17) is 4.74 Å². The maximum atomic E-state index is 11.5. The van der Waals surface area contributed by atoms with Crippen LogP contribution in [0, 0.1) is 13.8 Å². The zero-order valence-electron chi connectivity index (χ0n) is 8.67. The van der Waals surface area contributed by atoms with Crippen LogP contribution >= 0.6 is 0 Å². The molecule has 0 unspecified atom stereocenters. The predicted molar refractivity (Wildman–Crippen MR) is 52.1 cm³/mol. The van der Waals surface area contributed by atoms with Gasteiger partial charge in [-0.25, -0.2) is 4.98 Å². The van der Waals surface area contributed by atoms with Gasteiger partial charge in [0, 0.05) is 5.69 Å². The summed E-state index contributed by atoms with van der Waals surface area (Å²) >= 11 is 0. The van der Waals surface area contributed by atoms with Crippen molar-refractivity contribution in [2.45, 2.75) is 13.8 Å². The first-order valence-electron chi connectivity index (χ1n) is 4.47.